The maximum absolute atomic E-state index is 8.73. The van der Waals surface area contributed by atoms with Crippen molar-refractivity contribution in [3.05, 3.63) is 0 Å². The number of aliphatic hydroxyl groups excluding tert-OH is 1. The molecule has 2 rings (SSSR count). The van der Waals surface area contributed by atoms with Crippen molar-refractivity contribution in [2.75, 3.05) is 26.4 Å². The number of rotatable bonds is 0. The minimum atomic E-state index is 0.0463. The molecule has 0 aromatic rings. The fourth-order valence-electron chi connectivity index (χ4n) is 1.34. The normalized spacial score (nSPS) is 24.8. The van der Waals surface area contributed by atoms with Crippen molar-refractivity contribution in [1.29, 1.82) is 0 Å². The molecule has 1 saturated heterocycles. The van der Waals surface area contributed by atoms with Gasteiger partial charge in [-0.25, -0.2) is 0 Å². The largest absolute Gasteiger partial charge is 0.393 e. The molecule has 3 nitrogen and oxygen atoms in total. The second-order valence-electron chi connectivity index (χ2n) is 3.16. The number of hydrogen-bond donors (Lipinski definition) is 1. The molecule has 72 valence electrons. The summed E-state index contributed by atoms with van der Waals surface area (Å²) in [6, 6.07) is 0. The van der Waals surface area contributed by atoms with E-state index in [4.69, 9.17) is 14.6 Å². The highest BCUT2D eigenvalue weighted by Gasteiger charge is 2.09. The summed E-state index contributed by atoms with van der Waals surface area (Å²) >= 11 is 0. The van der Waals surface area contributed by atoms with E-state index in [9.17, 15) is 0 Å². The minimum Gasteiger partial charge on any atom is -0.393 e. The smallest absolute Gasteiger partial charge is 0.0701 e. The Morgan fingerprint density at radius 3 is 1.42 bits per heavy atom. The fourth-order valence-corrected chi connectivity index (χ4v) is 1.34. The van der Waals surface area contributed by atoms with Crippen LogP contribution in [0.1, 0.15) is 25.7 Å². The van der Waals surface area contributed by atoms with Crippen molar-refractivity contribution in [2.24, 2.45) is 0 Å². The Morgan fingerprint density at radius 2 is 1.25 bits per heavy atom. The van der Waals surface area contributed by atoms with Crippen LogP contribution in [0.5, 0.6) is 0 Å². The van der Waals surface area contributed by atoms with Gasteiger partial charge in [0.15, 0.2) is 0 Å². The van der Waals surface area contributed by atoms with Crippen LogP contribution < -0.4 is 0 Å². The van der Waals surface area contributed by atoms with Crippen molar-refractivity contribution in [3.8, 4) is 0 Å². The zero-order valence-corrected chi connectivity index (χ0v) is 7.50. The third-order valence-electron chi connectivity index (χ3n) is 2.07. The molecular formula is C9H18O3. The van der Waals surface area contributed by atoms with Gasteiger partial charge >= 0.3 is 0 Å². The molecule has 1 aliphatic heterocycles. The molecule has 1 N–H and O–H groups in total. The average molecular weight is 174 g/mol. The highest BCUT2D eigenvalue weighted by molar-refractivity contribution is 4.63. The number of hydrogen-bond acceptors (Lipinski definition) is 3. The number of aliphatic hydroxyl groups is 1. The molecule has 0 atom stereocenters. The van der Waals surface area contributed by atoms with Gasteiger partial charge in [0.25, 0.3) is 0 Å². The fraction of sp³-hybridized carbons (Fsp3) is 1.00. The predicted molar refractivity (Wildman–Crippen MR) is 46.1 cm³/mol. The highest BCUT2D eigenvalue weighted by atomic mass is 16.6. The van der Waals surface area contributed by atoms with Gasteiger partial charge in [-0.2, -0.15) is 0 Å². The Balaban J connectivity index is 0.000000120. The molecule has 0 aromatic carbocycles. The van der Waals surface area contributed by atoms with Gasteiger partial charge in [-0.1, -0.05) is 12.8 Å². The van der Waals surface area contributed by atoms with Crippen LogP contribution in [0.4, 0.5) is 0 Å². The molecule has 12 heavy (non-hydrogen) atoms. The molecule has 0 unspecified atom stereocenters. The zero-order chi connectivity index (χ0) is 8.65. The minimum absolute atomic E-state index is 0.0463. The first-order valence-electron chi connectivity index (χ1n) is 4.73. The molecule has 0 amide bonds. The molecule has 1 aliphatic carbocycles. The monoisotopic (exact) mass is 174 g/mol. The van der Waals surface area contributed by atoms with Crippen LogP contribution in [0.15, 0.2) is 0 Å². The summed E-state index contributed by atoms with van der Waals surface area (Å²) in [5.74, 6) is 0. The maximum atomic E-state index is 8.73. The van der Waals surface area contributed by atoms with Crippen molar-refractivity contribution in [3.63, 3.8) is 0 Å². The lowest BCUT2D eigenvalue weighted by Crippen LogP contribution is -2.16. The molecular weight excluding hydrogens is 156 g/mol. The van der Waals surface area contributed by atoms with Crippen LogP contribution in [0.2, 0.25) is 0 Å². The van der Waals surface area contributed by atoms with Crippen molar-refractivity contribution >= 4 is 0 Å². The van der Waals surface area contributed by atoms with Gasteiger partial charge in [-0.05, 0) is 12.8 Å². The van der Waals surface area contributed by atoms with Crippen molar-refractivity contribution < 1.29 is 14.6 Å². The molecule has 2 fully saturated rings. The molecule has 1 saturated carbocycles. The van der Waals surface area contributed by atoms with Gasteiger partial charge in [0, 0.05) is 0 Å². The summed E-state index contributed by atoms with van der Waals surface area (Å²) in [4.78, 5) is 0. The van der Waals surface area contributed by atoms with Gasteiger partial charge in [0.05, 0.1) is 32.5 Å². The van der Waals surface area contributed by atoms with Gasteiger partial charge in [-0.3, -0.25) is 0 Å². The van der Waals surface area contributed by atoms with E-state index in [0.717, 1.165) is 39.3 Å². The summed E-state index contributed by atoms with van der Waals surface area (Å²) < 4.78 is 9.89. The second kappa shape index (κ2) is 6.40. The van der Waals surface area contributed by atoms with Crippen LogP contribution in [0.25, 0.3) is 0 Å². The van der Waals surface area contributed by atoms with Gasteiger partial charge in [-0.15, -0.1) is 0 Å². The van der Waals surface area contributed by atoms with Gasteiger partial charge < -0.3 is 14.6 Å². The standard InChI is InChI=1S/C5H10O.C4H8O2/c6-5-3-1-2-4-5;1-2-6-4-3-5-1/h5-6H,1-4H2;1-4H2. The van der Waals surface area contributed by atoms with Crippen LogP contribution in [-0.4, -0.2) is 37.6 Å². The average Bonchev–Trinajstić information content (AvgIpc) is 2.60. The SMILES string of the molecule is C1COCCO1.OC1CCCC1. The maximum Gasteiger partial charge on any atom is 0.0701 e. The quantitative estimate of drug-likeness (QED) is 0.594. The topological polar surface area (TPSA) is 38.7 Å². The Morgan fingerprint density at radius 1 is 0.833 bits per heavy atom. The van der Waals surface area contributed by atoms with Crippen LogP contribution in [-0.2, 0) is 9.47 Å². The van der Waals surface area contributed by atoms with E-state index in [1.165, 1.54) is 12.8 Å². The molecule has 2 aliphatic rings. The zero-order valence-electron chi connectivity index (χ0n) is 7.50. The van der Waals surface area contributed by atoms with E-state index in [1.54, 1.807) is 0 Å². The molecule has 0 aromatic heterocycles. The van der Waals surface area contributed by atoms with Gasteiger partial charge in [0.1, 0.15) is 0 Å². The molecule has 0 bridgehead atoms. The lowest BCUT2D eigenvalue weighted by Gasteiger charge is -2.09. The first kappa shape index (κ1) is 9.96. The predicted octanol–water partition coefficient (Wildman–Crippen LogP) is 0.954. The van der Waals surface area contributed by atoms with Gasteiger partial charge in [0.2, 0.25) is 0 Å². The summed E-state index contributed by atoms with van der Waals surface area (Å²) in [5.41, 5.74) is 0. The van der Waals surface area contributed by atoms with E-state index in [1.807, 2.05) is 0 Å². The van der Waals surface area contributed by atoms with Crippen LogP contribution >= 0.6 is 0 Å². The molecule has 0 radical (unpaired) electrons. The van der Waals surface area contributed by atoms with Crippen LogP contribution in [0, 0.1) is 0 Å². The lowest BCUT2D eigenvalue weighted by molar-refractivity contribution is -0.0334. The van der Waals surface area contributed by atoms with Crippen LogP contribution in [0.3, 0.4) is 0 Å². The second-order valence-corrected chi connectivity index (χ2v) is 3.16. The third-order valence-corrected chi connectivity index (χ3v) is 2.07. The summed E-state index contributed by atoms with van der Waals surface area (Å²) in [6.07, 6.45) is 4.60. The Hall–Kier alpha value is -0.120. The van der Waals surface area contributed by atoms with Crippen molar-refractivity contribution in [2.45, 2.75) is 31.8 Å². The first-order chi connectivity index (χ1) is 5.89. The molecule has 1 heterocycles. The molecule has 0 spiro atoms. The Labute approximate surface area is 73.7 Å². The van der Waals surface area contributed by atoms with E-state index < -0.39 is 0 Å². The van der Waals surface area contributed by atoms with E-state index in [0.29, 0.717) is 0 Å². The summed E-state index contributed by atoms with van der Waals surface area (Å²) in [5, 5.41) is 8.73. The first-order valence-corrected chi connectivity index (χ1v) is 4.73. The van der Waals surface area contributed by atoms with E-state index >= 15 is 0 Å². The lowest BCUT2D eigenvalue weighted by atomic mass is 10.3. The summed E-state index contributed by atoms with van der Waals surface area (Å²) in [6.45, 7) is 3.11. The van der Waals surface area contributed by atoms with E-state index in [2.05, 4.69) is 0 Å². The number of ether oxygens (including phenoxy) is 2. The Kier molecular flexibility index (Phi) is 5.32. The molecule has 3 heteroatoms. The van der Waals surface area contributed by atoms with Crippen molar-refractivity contribution in [1.82, 2.24) is 0 Å². The summed E-state index contributed by atoms with van der Waals surface area (Å²) in [7, 11) is 0. The third kappa shape index (κ3) is 4.70. The van der Waals surface area contributed by atoms with E-state index in [-0.39, 0.29) is 6.10 Å². The highest BCUT2D eigenvalue weighted by Crippen LogP contribution is 2.16. The Bertz CT molecular complexity index is 84.4.